The van der Waals surface area contributed by atoms with Gasteiger partial charge in [0.25, 0.3) is 0 Å². The van der Waals surface area contributed by atoms with E-state index < -0.39 is 40.9 Å². The first-order valence-corrected chi connectivity index (χ1v) is 10.7. The van der Waals surface area contributed by atoms with Crippen molar-refractivity contribution in [2.45, 2.75) is 86.0 Å². The molecule has 0 radical (unpaired) electrons. The van der Waals surface area contributed by atoms with Crippen LogP contribution in [0, 0.1) is 5.41 Å². The summed E-state index contributed by atoms with van der Waals surface area (Å²) in [6, 6.07) is 1.14. The van der Waals surface area contributed by atoms with E-state index in [0.717, 1.165) is 4.90 Å². The first-order chi connectivity index (χ1) is 14.9. The molecule has 2 N–H and O–H groups in total. The molecule has 0 saturated carbocycles. The maximum Gasteiger partial charge on any atom is 0.437 e. The second-order valence-corrected chi connectivity index (χ2v) is 10.6. The number of rotatable bonds is 4. The van der Waals surface area contributed by atoms with Gasteiger partial charge in [0.1, 0.15) is 11.2 Å². The first-order valence-electron chi connectivity index (χ1n) is 10.7. The largest absolute Gasteiger partial charge is 0.465 e. The fourth-order valence-electron chi connectivity index (χ4n) is 2.70. The van der Waals surface area contributed by atoms with Gasteiger partial charge in [0, 0.05) is 25.0 Å². The van der Waals surface area contributed by atoms with Crippen LogP contribution >= 0.6 is 0 Å². The number of alkyl carbamates (subject to hydrolysis) is 1. The molecule has 0 bridgehead atoms. The Morgan fingerprint density at radius 1 is 1.06 bits per heavy atom. The number of nitrogens with one attached hydrogen (secondary N) is 1. The van der Waals surface area contributed by atoms with Crippen molar-refractivity contribution in [2.24, 2.45) is 10.4 Å². The summed E-state index contributed by atoms with van der Waals surface area (Å²) in [6.07, 6.45) is 0.255. The number of carboxylic acid groups (broad SMARTS) is 1. The Kier molecular flexibility index (Phi) is 9.03. The Morgan fingerprint density at radius 2 is 1.64 bits per heavy atom. The molecule has 0 aliphatic carbocycles. The van der Waals surface area contributed by atoms with Gasteiger partial charge in [0.2, 0.25) is 5.96 Å². The van der Waals surface area contributed by atoms with Gasteiger partial charge in [-0.05, 0) is 59.4 Å². The molecular formula is C22H37N5O6. The van der Waals surface area contributed by atoms with Crippen LogP contribution in [0.25, 0.3) is 0 Å². The van der Waals surface area contributed by atoms with Crippen molar-refractivity contribution >= 4 is 24.2 Å². The fraction of sp³-hybridized carbons (Fsp3) is 0.682. The monoisotopic (exact) mass is 467 g/mol. The molecule has 1 atom stereocenters. The van der Waals surface area contributed by atoms with Crippen LogP contribution in [0.5, 0.6) is 0 Å². The molecule has 0 spiro atoms. The molecule has 0 aromatic carbocycles. The van der Waals surface area contributed by atoms with E-state index in [4.69, 9.17) is 9.47 Å². The number of aliphatic imine (C=N–C) groups is 1. The van der Waals surface area contributed by atoms with E-state index in [1.807, 2.05) is 20.8 Å². The molecule has 11 nitrogen and oxygen atoms in total. The summed E-state index contributed by atoms with van der Waals surface area (Å²) in [6.45, 7) is 16.0. The van der Waals surface area contributed by atoms with Crippen LogP contribution in [0.1, 0.15) is 68.7 Å². The number of carbonyl (C=O) groups is 3. The molecule has 1 aromatic heterocycles. The van der Waals surface area contributed by atoms with E-state index in [9.17, 15) is 19.5 Å². The quantitative estimate of drug-likeness (QED) is 0.497. The predicted molar refractivity (Wildman–Crippen MR) is 123 cm³/mol. The summed E-state index contributed by atoms with van der Waals surface area (Å²) in [7, 11) is 0. The lowest BCUT2D eigenvalue weighted by molar-refractivity contribution is 0.0456. The molecule has 33 heavy (non-hydrogen) atoms. The Bertz CT molecular complexity index is 844. The number of aromatic nitrogens is 2. The number of amides is 3. The maximum absolute atomic E-state index is 12.3. The summed E-state index contributed by atoms with van der Waals surface area (Å²) >= 11 is 0. The van der Waals surface area contributed by atoms with E-state index in [1.165, 1.54) is 17.1 Å². The molecule has 1 rings (SSSR count). The lowest BCUT2D eigenvalue weighted by atomic mass is 9.84. The number of hydrogen-bond acceptors (Lipinski definition) is 6. The molecule has 3 amide bonds. The van der Waals surface area contributed by atoms with Crippen LogP contribution in [0.3, 0.4) is 0 Å². The highest BCUT2D eigenvalue weighted by molar-refractivity contribution is 5.99. The average Bonchev–Trinajstić information content (AvgIpc) is 3.09. The van der Waals surface area contributed by atoms with Crippen LogP contribution in [0.15, 0.2) is 23.5 Å². The van der Waals surface area contributed by atoms with E-state index in [2.05, 4.69) is 15.4 Å². The van der Waals surface area contributed by atoms with Crippen molar-refractivity contribution in [2.75, 3.05) is 6.54 Å². The highest BCUT2D eigenvalue weighted by Crippen LogP contribution is 2.23. The van der Waals surface area contributed by atoms with Crippen molar-refractivity contribution in [1.82, 2.24) is 20.0 Å². The Hall–Kier alpha value is -3.11. The SMILES string of the molecule is CC(C)(C)OC(=O)N=C(N(CCC(NC(=O)OC(C)(C)C)C(C)(C)C)C(=O)O)n1cccn1. The highest BCUT2D eigenvalue weighted by atomic mass is 16.6. The van der Waals surface area contributed by atoms with Gasteiger partial charge in [-0.25, -0.2) is 24.0 Å². The van der Waals surface area contributed by atoms with Crippen LogP contribution in [-0.2, 0) is 9.47 Å². The van der Waals surface area contributed by atoms with Crippen molar-refractivity contribution in [3.63, 3.8) is 0 Å². The lowest BCUT2D eigenvalue weighted by Crippen LogP contribution is -2.49. The molecule has 186 valence electrons. The average molecular weight is 468 g/mol. The van der Waals surface area contributed by atoms with Crippen molar-refractivity contribution in [3.05, 3.63) is 18.5 Å². The van der Waals surface area contributed by atoms with E-state index in [-0.39, 0.29) is 18.9 Å². The lowest BCUT2D eigenvalue weighted by Gasteiger charge is -2.33. The highest BCUT2D eigenvalue weighted by Gasteiger charge is 2.31. The molecule has 0 aliphatic rings. The summed E-state index contributed by atoms with van der Waals surface area (Å²) in [4.78, 5) is 41.5. The minimum Gasteiger partial charge on any atom is -0.465 e. The smallest absolute Gasteiger partial charge is 0.437 e. The van der Waals surface area contributed by atoms with Gasteiger partial charge in [-0.2, -0.15) is 5.10 Å². The summed E-state index contributed by atoms with van der Waals surface area (Å²) in [5, 5.41) is 16.7. The predicted octanol–water partition coefficient (Wildman–Crippen LogP) is 4.33. The normalized spacial score (nSPS) is 13.8. The van der Waals surface area contributed by atoms with Crippen LogP contribution in [0.2, 0.25) is 0 Å². The number of ether oxygens (including phenoxy) is 2. The molecule has 0 fully saturated rings. The van der Waals surface area contributed by atoms with Gasteiger partial charge < -0.3 is 19.9 Å². The minimum atomic E-state index is -1.34. The maximum atomic E-state index is 12.3. The zero-order chi connectivity index (χ0) is 25.6. The van der Waals surface area contributed by atoms with Gasteiger partial charge >= 0.3 is 18.3 Å². The Morgan fingerprint density at radius 3 is 2.06 bits per heavy atom. The van der Waals surface area contributed by atoms with Crippen LogP contribution in [0.4, 0.5) is 14.4 Å². The van der Waals surface area contributed by atoms with Gasteiger partial charge in [0.05, 0.1) is 0 Å². The minimum absolute atomic E-state index is 0.0748. The molecule has 1 heterocycles. The van der Waals surface area contributed by atoms with Gasteiger partial charge in [-0.1, -0.05) is 20.8 Å². The number of nitrogens with zero attached hydrogens (tertiary/aromatic N) is 4. The Labute approximate surface area is 195 Å². The van der Waals surface area contributed by atoms with E-state index in [0.29, 0.717) is 0 Å². The van der Waals surface area contributed by atoms with Gasteiger partial charge in [0.15, 0.2) is 0 Å². The van der Waals surface area contributed by atoms with Crippen LogP contribution < -0.4 is 5.32 Å². The molecule has 1 unspecified atom stereocenters. The molecule has 11 heteroatoms. The second-order valence-electron chi connectivity index (χ2n) is 10.6. The van der Waals surface area contributed by atoms with Crippen molar-refractivity contribution in [3.8, 4) is 0 Å². The second kappa shape index (κ2) is 10.7. The third-order valence-electron chi connectivity index (χ3n) is 4.14. The van der Waals surface area contributed by atoms with Crippen molar-refractivity contribution in [1.29, 1.82) is 0 Å². The number of hydrogen-bond donors (Lipinski definition) is 2. The van der Waals surface area contributed by atoms with Crippen molar-refractivity contribution < 1.29 is 29.0 Å². The van der Waals surface area contributed by atoms with E-state index >= 15 is 0 Å². The summed E-state index contributed by atoms with van der Waals surface area (Å²) in [5.41, 5.74) is -1.89. The zero-order valence-corrected chi connectivity index (χ0v) is 21.0. The zero-order valence-electron chi connectivity index (χ0n) is 21.0. The Balaban J connectivity index is 3.17. The molecular weight excluding hydrogens is 430 g/mol. The molecule has 0 aliphatic heterocycles. The van der Waals surface area contributed by atoms with Gasteiger partial charge in [-0.3, -0.25) is 0 Å². The van der Waals surface area contributed by atoms with Crippen LogP contribution in [-0.4, -0.2) is 67.8 Å². The third kappa shape index (κ3) is 10.4. The number of carbonyl (C=O) groups excluding carboxylic acids is 2. The standard InChI is InChI=1S/C22H37N5O6/c1-20(2,3)15(24-17(28)32-21(4,5)6)11-14-26(19(30)31)16(27-13-10-12-23-27)25-18(29)33-22(7,8)9/h10,12-13,15H,11,14H2,1-9H3,(H,24,28)(H,30,31). The molecule has 0 saturated heterocycles. The third-order valence-corrected chi connectivity index (χ3v) is 4.14. The first kappa shape index (κ1) is 27.9. The summed E-state index contributed by atoms with van der Waals surface area (Å²) in [5.74, 6) is -0.230. The van der Waals surface area contributed by atoms with Gasteiger partial charge in [-0.15, -0.1) is 4.99 Å². The summed E-state index contributed by atoms with van der Waals surface area (Å²) < 4.78 is 11.7. The fourth-order valence-corrected chi connectivity index (χ4v) is 2.70. The van der Waals surface area contributed by atoms with E-state index in [1.54, 1.807) is 47.6 Å². The molecule has 1 aromatic rings. The topological polar surface area (TPSA) is 135 Å².